The lowest BCUT2D eigenvalue weighted by Crippen LogP contribution is -2.08. The summed E-state index contributed by atoms with van der Waals surface area (Å²) in [6.07, 6.45) is 0. The number of fused-ring (bicyclic) bond motifs is 1. The molecule has 100 valence electrons. The molecule has 0 saturated carbocycles. The number of rotatable bonds is 2. The number of halogens is 2. The molecule has 0 unspecified atom stereocenters. The number of carbonyl (C=O) groups is 1. The molecule has 6 heteroatoms. The van der Waals surface area contributed by atoms with Gasteiger partial charge in [-0.05, 0) is 42.5 Å². The van der Waals surface area contributed by atoms with Gasteiger partial charge in [0.25, 0.3) is 0 Å². The lowest BCUT2D eigenvalue weighted by atomic mass is 10.2. The summed E-state index contributed by atoms with van der Waals surface area (Å²) in [7, 11) is 0. The minimum atomic E-state index is -1.08. The smallest absolute Gasteiger partial charge is 0.355 e. The highest BCUT2D eigenvalue weighted by atomic mass is 79.9. The normalized spacial score (nSPS) is 10.9. The van der Waals surface area contributed by atoms with Crippen molar-refractivity contribution >= 4 is 32.8 Å². The molecule has 0 saturated heterocycles. The van der Waals surface area contributed by atoms with Crippen molar-refractivity contribution in [3.63, 3.8) is 0 Å². The highest BCUT2D eigenvalue weighted by molar-refractivity contribution is 9.10. The van der Waals surface area contributed by atoms with Gasteiger partial charge in [0.15, 0.2) is 5.69 Å². The van der Waals surface area contributed by atoms with Crippen LogP contribution < -0.4 is 0 Å². The Labute approximate surface area is 121 Å². The second kappa shape index (κ2) is 4.72. The van der Waals surface area contributed by atoms with Crippen LogP contribution in [0.25, 0.3) is 16.6 Å². The number of hydrogen-bond donors (Lipinski definition) is 1. The predicted octanol–water partition coefficient (Wildman–Crippen LogP) is 3.63. The van der Waals surface area contributed by atoms with E-state index < -0.39 is 5.97 Å². The van der Waals surface area contributed by atoms with Gasteiger partial charge in [-0.1, -0.05) is 15.9 Å². The Morgan fingerprint density at radius 3 is 2.55 bits per heavy atom. The van der Waals surface area contributed by atoms with Crippen molar-refractivity contribution < 1.29 is 14.3 Å². The van der Waals surface area contributed by atoms with Gasteiger partial charge in [-0.3, -0.25) is 0 Å². The maximum Gasteiger partial charge on any atom is 0.355 e. The molecule has 3 aromatic rings. The minimum Gasteiger partial charge on any atom is -0.476 e. The largest absolute Gasteiger partial charge is 0.476 e. The first-order valence-corrected chi connectivity index (χ1v) is 6.53. The van der Waals surface area contributed by atoms with E-state index in [1.165, 1.54) is 28.9 Å². The van der Waals surface area contributed by atoms with Gasteiger partial charge in [0, 0.05) is 9.86 Å². The van der Waals surface area contributed by atoms with Gasteiger partial charge < -0.3 is 5.11 Å². The van der Waals surface area contributed by atoms with Crippen molar-refractivity contribution in [1.29, 1.82) is 0 Å². The molecule has 20 heavy (non-hydrogen) atoms. The third-order valence-electron chi connectivity index (χ3n) is 2.91. The zero-order chi connectivity index (χ0) is 14.3. The molecule has 1 heterocycles. The number of nitrogens with zero attached hydrogens (tertiary/aromatic N) is 2. The van der Waals surface area contributed by atoms with Gasteiger partial charge >= 0.3 is 5.97 Å². The van der Waals surface area contributed by atoms with E-state index >= 15 is 0 Å². The van der Waals surface area contributed by atoms with Gasteiger partial charge in [-0.25, -0.2) is 13.9 Å². The van der Waals surface area contributed by atoms with Gasteiger partial charge in [0.1, 0.15) is 5.82 Å². The molecule has 4 nitrogen and oxygen atoms in total. The van der Waals surface area contributed by atoms with Crippen molar-refractivity contribution in [2.45, 2.75) is 0 Å². The summed E-state index contributed by atoms with van der Waals surface area (Å²) in [6, 6.07) is 10.7. The second-order valence-corrected chi connectivity index (χ2v) is 5.12. The molecule has 0 aliphatic carbocycles. The summed E-state index contributed by atoms with van der Waals surface area (Å²) >= 11 is 3.32. The molecular weight excluding hydrogens is 327 g/mol. The fourth-order valence-corrected chi connectivity index (χ4v) is 2.38. The summed E-state index contributed by atoms with van der Waals surface area (Å²) in [4.78, 5) is 11.5. The molecular formula is C14H8BrFN2O2. The number of hydrogen-bond acceptors (Lipinski definition) is 2. The van der Waals surface area contributed by atoms with Crippen LogP contribution in [0.2, 0.25) is 0 Å². The van der Waals surface area contributed by atoms with Crippen molar-refractivity contribution in [2.24, 2.45) is 0 Å². The van der Waals surface area contributed by atoms with Crippen LogP contribution in [-0.4, -0.2) is 20.9 Å². The molecule has 0 spiro atoms. The fourth-order valence-electron chi connectivity index (χ4n) is 2.03. The Kier molecular flexibility index (Phi) is 3.02. The van der Waals surface area contributed by atoms with Crippen LogP contribution >= 0.6 is 15.9 Å². The van der Waals surface area contributed by atoms with Crippen LogP contribution in [0.4, 0.5) is 4.39 Å². The zero-order valence-electron chi connectivity index (χ0n) is 10.0. The number of carboxylic acids is 1. The molecule has 0 aliphatic rings. The van der Waals surface area contributed by atoms with E-state index in [0.29, 0.717) is 16.6 Å². The molecule has 0 atom stereocenters. The molecule has 0 amide bonds. The van der Waals surface area contributed by atoms with Crippen LogP contribution in [0.3, 0.4) is 0 Å². The van der Waals surface area contributed by atoms with Crippen molar-refractivity contribution in [3.05, 3.63) is 58.4 Å². The summed E-state index contributed by atoms with van der Waals surface area (Å²) in [5.41, 5.74) is 1.11. The maximum absolute atomic E-state index is 13.0. The monoisotopic (exact) mass is 334 g/mol. The molecule has 0 bridgehead atoms. The quantitative estimate of drug-likeness (QED) is 0.778. The first-order chi connectivity index (χ1) is 9.56. The van der Waals surface area contributed by atoms with E-state index in [4.69, 9.17) is 0 Å². The van der Waals surface area contributed by atoms with Gasteiger partial charge in [-0.2, -0.15) is 5.10 Å². The topological polar surface area (TPSA) is 55.1 Å². The lowest BCUT2D eigenvalue weighted by Gasteiger charge is -2.03. The van der Waals surface area contributed by atoms with Crippen LogP contribution in [0.1, 0.15) is 10.5 Å². The van der Waals surface area contributed by atoms with Crippen molar-refractivity contribution in [2.75, 3.05) is 0 Å². The Bertz CT molecular complexity index is 812. The van der Waals surface area contributed by atoms with Gasteiger partial charge in [-0.15, -0.1) is 0 Å². The molecule has 1 aromatic heterocycles. The predicted molar refractivity (Wildman–Crippen MR) is 75.7 cm³/mol. The highest BCUT2D eigenvalue weighted by Crippen LogP contribution is 2.25. The second-order valence-electron chi connectivity index (χ2n) is 4.20. The fraction of sp³-hybridized carbons (Fsp3) is 0. The van der Waals surface area contributed by atoms with Crippen molar-refractivity contribution in [3.8, 4) is 5.69 Å². The first kappa shape index (κ1) is 12.8. The number of aromatic nitrogens is 2. The van der Waals surface area contributed by atoms with E-state index in [9.17, 15) is 14.3 Å². The van der Waals surface area contributed by atoms with Crippen LogP contribution in [0, 0.1) is 5.82 Å². The number of benzene rings is 2. The van der Waals surface area contributed by atoms with Gasteiger partial charge in [0.05, 0.1) is 11.2 Å². The average molecular weight is 335 g/mol. The molecule has 1 N–H and O–H groups in total. The Morgan fingerprint density at radius 2 is 1.90 bits per heavy atom. The summed E-state index contributed by atoms with van der Waals surface area (Å²) in [5, 5.41) is 14.2. The standard InChI is InChI=1S/C14H8BrFN2O2/c15-8-1-6-11-12(7-8)17-18(13(11)14(19)20)10-4-2-9(16)3-5-10/h1-7H,(H,19,20). The summed E-state index contributed by atoms with van der Waals surface area (Å²) < 4.78 is 15.1. The molecule has 2 aromatic carbocycles. The molecule has 0 fully saturated rings. The molecule has 0 radical (unpaired) electrons. The first-order valence-electron chi connectivity index (χ1n) is 5.74. The van der Waals surface area contributed by atoms with E-state index in [-0.39, 0.29) is 11.5 Å². The minimum absolute atomic E-state index is 0.0547. The van der Waals surface area contributed by atoms with Crippen LogP contribution in [0.15, 0.2) is 46.9 Å². The van der Waals surface area contributed by atoms with E-state index in [0.717, 1.165) is 4.47 Å². The number of aromatic carboxylic acids is 1. The van der Waals surface area contributed by atoms with E-state index in [2.05, 4.69) is 21.0 Å². The molecule has 0 aliphatic heterocycles. The third-order valence-corrected chi connectivity index (χ3v) is 3.40. The maximum atomic E-state index is 13.0. The zero-order valence-corrected chi connectivity index (χ0v) is 11.6. The third kappa shape index (κ3) is 2.08. The Hall–Kier alpha value is -2.21. The van der Waals surface area contributed by atoms with E-state index in [1.54, 1.807) is 18.2 Å². The van der Waals surface area contributed by atoms with Gasteiger partial charge in [0.2, 0.25) is 0 Å². The average Bonchev–Trinajstić information content (AvgIpc) is 2.77. The Morgan fingerprint density at radius 1 is 1.20 bits per heavy atom. The Balaban J connectivity index is 2.31. The number of carboxylic acid groups (broad SMARTS) is 1. The summed E-state index contributed by atoms with van der Waals surface area (Å²) in [5.74, 6) is -1.47. The van der Waals surface area contributed by atoms with E-state index in [1.807, 2.05) is 0 Å². The SMILES string of the molecule is O=C(O)c1c2ccc(Br)cc2nn1-c1ccc(F)cc1. The summed E-state index contributed by atoms with van der Waals surface area (Å²) in [6.45, 7) is 0. The lowest BCUT2D eigenvalue weighted by molar-refractivity contribution is 0.0689. The van der Waals surface area contributed by atoms with Crippen LogP contribution in [0.5, 0.6) is 0 Å². The molecule has 3 rings (SSSR count). The van der Waals surface area contributed by atoms with Crippen molar-refractivity contribution in [1.82, 2.24) is 9.78 Å². The van der Waals surface area contributed by atoms with Crippen LogP contribution in [-0.2, 0) is 0 Å². The highest BCUT2D eigenvalue weighted by Gasteiger charge is 2.18.